The van der Waals surface area contributed by atoms with Crippen LogP contribution in [0, 0.1) is 5.92 Å². The largest absolute Gasteiger partial charge is 0.362 e. The van der Waals surface area contributed by atoms with Crippen LogP contribution in [0.1, 0.15) is 32.1 Å². The van der Waals surface area contributed by atoms with Crippen molar-refractivity contribution >= 4 is 29.1 Å². The monoisotopic (exact) mass is 244 g/mol. The normalized spacial score (nSPS) is 26.8. The average Bonchev–Trinajstić information content (AvgIpc) is 2.86. The molecule has 1 unspecified atom stereocenters. The van der Waals surface area contributed by atoms with Crippen LogP contribution in [0.5, 0.6) is 0 Å². The molecular weight excluding hydrogens is 224 g/mol. The van der Waals surface area contributed by atoms with Gasteiger partial charge in [0.05, 0.1) is 0 Å². The predicted molar refractivity (Wildman–Crippen MR) is 71.4 cm³/mol. The molecule has 0 spiro atoms. The highest BCUT2D eigenvalue weighted by molar-refractivity contribution is 7.99. The Balaban J connectivity index is 1.59. The fraction of sp³-hybridized carbons (Fsp3) is 0.909. The van der Waals surface area contributed by atoms with Gasteiger partial charge in [0.25, 0.3) is 0 Å². The highest BCUT2D eigenvalue weighted by Crippen LogP contribution is 2.22. The summed E-state index contributed by atoms with van der Waals surface area (Å²) in [6.07, 6.45) is 6.66. The van der Waals surface area contributed by atoms with Crippen molar-refractivity contribution in [1.29, 1.82) is 0 Å². The molecule has 1 aliphatic heterocycles. The van der Waals surface area contributed by atoms with Crippen molar-refractivity contribution in [3.8, 4) is 0 Å². The van der Waals surface area contributed by atoms with Gasteiger partial charge < -0.3 is 10.6 Å². The van der Waals surface area contributed by atoms with E-state index in [1.54, 1.807) is 0 Å². The van der Waals surface area contributed by atoms with Gasteiger partial charge in [-0.15, -0.1) is 0 Å². The van der Waals surface area contributed by atoms with Crippen molar-refractivity contribution in [1.82, 2.24) is 10.6 Å². The molecule has 0 aromatic rings. The van der Waals surface area contributed by atoms with Crippen LogP contribution in [-0.4, -0.2) is 29.2 Å². The number of thioether (sulfide) groups is 1. The fourth-order valence-corrected chi connectivity index (χ4v) is 3.82. The second-order valence-corrected chi connectivity index (χ2v) is 6.12. The molecule has 2 fully saturated rings. The molecule has 0 aromatic heterocycles. The number of thiocarbonyl (C=S) groups is 1. The maximum Gasteiger partial charge on any atom is 0.166 e. The Hall–Kier alpha value is 0.0400. The van der Waals surface area contributed by atoms with Crippen molar-refractivity contribution in [2.24, 2.45) is 5.92 Å². The Morgan fingerprint density at radius 3 is 2.73 bits per heavy atom. The average molecular weight is 244 g/mol. The van der Waals surface area contributed by atoms with Gasteiger partial charge in [0.2, 0.25) is 0 Å². The third-order valence-electron chi connectivity index (χ3n) is 3.27. The van der Waals surface area contributed by atoms with Crippen LogP contribution in [0.15, 0.2) is 0 Å². The lowest BCUT2D eigenvalue weighted by Crippen LogP contribution is -2.42. The van der Waals surface area contributed by atoms with Crippen molar-refractivity contribution in [3.63, 3.8) is 0 Å². The van der Waals surface area contributed by atoms with Crippen molar-refractivity contribution < 1.29 is 0 Å². The molecule has 15 heavy (non-hydrogen) atoms. The van der Waals surface area contributed by atoms with Gasteiger partial charge in [-0.05, 0) is 48.9 Å². The first-order valence-electron chi connectivity index (χ1n) is 5.96. The van der Waals surface area contributed by atoms with Crippen LogP contribution in [0.2, 0.25) is 0 Å². The van der Waals surface area contributed by atoms with E-state index < -0.39 is 0 Å². The van der Waals surface area contributed by atoms with Gasteiger partial charge in [0.15, 0.2) is 5.11 Å². The summed E-state index contributed by atoms with van der Waals surface area (Å²) in [5, 5.41) is 7.65. The molecule has 4 heteroatoms. The van der Waals surface area contributed by atoms with Crippen LogP contribution < -0.4 is 10.6 Å². The molecule has 2 rings (SSSR count). The summed E-state index contributed by atoms with van der Waals surface area (Å²) < 4.78 is 0. The minimum atomic E-state index is 0.642. The minimum Gasteiger partial charge on any atom is -0.362 e. The Bertz CT molecular complexity index is 209. The summed E-state index contributed by atoms with van der Waals surface area (Å²) in [7, 11) is 0. The first-order chi connectivity index (χ1) is 7.34. The molecule has 0 bridgehead atoms. The molecule has 2 aliphatic rings. The minimum absolute atomic E-state index is 0.642. The molecule has 1 saturated heterocycles. The van der Waals surface area contributed by atoms with Gasteiger partial charge in [-0.25, -0.2) is 0 Å². The molecule has 0 radical (unpaired) electrons. The van der Waals surface area contributed by atoms with Crippen molar-refractivity contribution in [2.75, 3.05) is 18.1 Å². The molecule has 1 atom stereocenters. The first kappa shape index (κ1) is 11.5. The van der Waals surface area contributed by atoms with E-state index in [1.165, 1.54) is 43.6 Å². The smallest absolute Gasteiger partial charge is 0.166 e. The third kappa shape index (κ3) is 3.83. The number of hydrogen-bond donors (Lipinski definition) is 2. The molecule has 2 N–H and O–H groups in total. The van der Waals surface area contributed by atoms with E-state index in [4.69, 9.17) is 12.2 Å². The molecular formula is C11H20N2S2. The van der Waals surface area contributed by atoms with Crippen LogP contribution in [-0.2, 0) is 0 Å². The molecule has 86 valence electrons. The van der Waals surface area contributed by atoms with E-state index in [1.807, 2.05) is 0 Å². The van der Waals surface area contributed by atoms with E-state index in [0.717, 1.165) is 17.6 Å². The summed E-state index contributed by atoms with van der Waals surface area (Å²) in [4.78, 5) is 0. The van der Waals surface area contributed by atoms with Gasteiger partial charge in [-0.1, -0.05) is 12.8 Å². The lowest BCUT2D eigenvalue weighted by Gasteiger charge is -2.17. The lowest BCUT2D eigenvalue weighted by atomic mass is 10.1. The maximum absolute atomic E-state index is 5.30. The van der Waals surface area contributed by atoms with Crippen LogP contribution >= 0.6 is 24.0 Å². The van der Waals surface area contributed by atoms with Crippen LogP contribution in [0.25, 0.3) is 0 Å². The standard InChI is InChI=1S/C11H20N2S2/c14-11(13-10-3-1-2-4-10)12-7-9-5-6-15-8-9/h9-10H,1-8H2,(H2,12,13,14). The Labute approximate surface area is 102 Å². The second kappa shape index (κ2) is 5.94. The van der Waals surface area contributed by atoms with Gasteiger partial charge >= 0.3 is 0 Å². The highest BCUT2D eigenvalue weighted by Gasteiger charge is 2.17. The second-order valence-electron chi connectivity index (χ2n) is 4.57. The molecule has 0 aromatic carbocycles. The van der Waals surface area contributed by atoms with Gasteiger partial charge in [-0.2, -0.15) is 11.8 Å². The Morgan fingerprint density at radius 2 is 2.07 bits per heavy atom. The molecule has 2 nitrogen and oxygen atoms in total. The van der Waals surface area contributed by atoms with Crippen molar-refractivity contribution in [3.05, 3.63) is 0 Å². The van der Waals surface area contributed by atoms with Gasteiger partial charge in [-0.3, -0.25) is 0 Å². The van der Waals surface area contributed by atoms with E-state index in [0.29, 0.717) is 6.04 Å². The SMILES string of the molecule is S=C(NCC1CCSC1)NC1CCCC1. The van der Waals surface area contributed by atoms with E-state index in [-0.39, 0.29) is 0 Å². The summed E-state index contributed by atoms with van der Waals surface area (Å²) in [5.41, 5.74) is 0. The molecule has 1 heterocycles. The number of rotatable bonds is 3. The van der Waals surface area contributed by atoms with E-state index in [2.05, 4.69) is 22.4 Å². The molecule has 0 amide bonds. The van der Waals surface area contributed by atoms with E-state index in [9.17, 15) is 0 Å². The zero-order valence-electron chi connectivity index (χ0n) is 9.13. The number of hydrogen-bond acceptors (Lipinski definition) is 2. The van der Waals surface area contributed by atoms with Crippen LogP contribution in [0.4, 0.5) is 0 Å². The van der Waals surface area contributed by atoms with Gasteiger partial charge in [0.1, 0.15) is 0 Å². The topological polar surface area (TPSA) is 24.1 Å². The summed E-state index contributed by atoms with van der Waals surface area (Å²) in [6.45, 7) is 1.06. The fourth-order valence-electron chi connectivity index (χ4n) is 2.29. The van der Waals surface area contributed by atoms with Crippen LogP contribution in [0.3, 0.4) is 0 Å². The zero-order chi connectivity index (χ0) is 10.5. The lowest BCUT2D eigenvalue weighted by molar-refractivity contribution is 0.564. The van der Waals surface area contributed by atoms with E-state index >= 15 is 0 Å². The van der Waals surface area contributed by atoms with Gasteiger partial charge in [0, 0.05) is 12.6 Å². The third-order valence-corrected chi connectivity index (χ3v) is 4.76. The molecule has 1 saturated carbocycles. The summed E-state index contributed by atoms with van der Waals surface area (Å²) in [6, 6.07) is 0.642. The predicted octanol–water partition coefficient (Wildman–Crippen LogP) is 2.15. The number of nitrogens with one attached hydrogen (secondary N) is 2. The quantitative estimate of drug-likeness (QED) is 0.743. The Kier molecular flexibility index (Phi) is 4.57. The molecule has 1 aliphatic carbocycles. The summed E-state index contributed by atoms with van der Waals surface area (Å²) >= 11 is 7.36. The zero-order valence-corrected chi connectivity index (χ0v) is 10.8. The summed E-state index contributed by atoms with van der Waals surface area (Å²) in [5.74, 6) is 3.46. The Morgan fingerprint density at radius 1 is 1.27 bits per heavy atom. The highest BCUT2D eigenvalue weighted by atomic mass is 32.2. The maximum atomic E-state index is 5.30. The first-order valence-corrected chi connectivity index (χ1v) is 7.53. The van der Waals surface area contributed by atoms with Crippen molar-refractivity contribution in [2.45, 2.75) is 38.1 Å².